The smallest absolute Gasteiger partial charge is 0.321 e. The van der Waals surface area contributed by atoms with E-state index in [9.17, 15) is 4.79 Å². The predicted molar refractivity (Wildman–Crippen MR) is 110 cm³/mol. The number of rotatable bonds is 3. The average molecular weight is 359 g/mol. The van der Waals surface area contributed by atoms with Crippen molar-refractivity contribution in [3.8, 4) is 0 Å². The predicted octanol–water partition coefficient (Wildman–Crippen LogP) is 5.03. The van der Waals surface area contributed by atoms with E-state index in [-0.39, 0.29) is 6.03 Å². The molecule has 0 unspecified atom stereocenters. The highest BCUT2D eigenvalue weighted by Crippen LogP contribution is 2.23. The molecule has 27 heavy (non-hydrogen) atoms. The lowest BCUT2D eigenvalue weighted by Gasteiger charge is -2.32. The quantitative estimate of drug-likeness (QED) is 0.713. The largest absolute Gasteiger partial charge is 0.325 e. The zero-order valence-electron chi connectivity index (χ0n) is 15.7. The lowest BCUT2D eigenvalue weighted by molar-refractivity contribution is 0.182. The van der Waals surface area contributed by atoms with Crippen LogP contribution in [0.4, 0.5) is 10.5 Å². The van der Waals surface area contributed by atoms with Gasteiger partial charge in [-0.3, -0.25) is 4.98 Å². The summed E-state index contributed by atoms with van der Waals surface area (Å²) in [6.07, 6.45) is 5.10. The van der Waals surface area contributed by atoms with Gasteiger partial charge in [0.25, 0.3) is 0 Å². The molecule has 0 radical (unpaired) electrons. The SMILES string of the molecule is Cc1ccc(NC(=O)N2CCC(Cc3cnc4ccccc4c3)CC2)cc1. The van der Waals surface area contributed by atoms with Crippen LogP contribution in [-0.2, 0) is 6.42 Å². The number of carbonyl (C=O) groups excluding carboxylic acids is 1. The lowest BCUT2D eigenvalue weighted by atomic mass is 9.90. The molecule has 3 aromatic rings. The van der Waals surface area contributed by atoms with Gasteiger partial charge in [-0.25, -0.2) is 4.79 Å². The Balaban J connectivity index is 1.31. The zero-order chi connectivity index (χ0) is 18.6. The van der Waals surface area contributed by atoms with Crippen molar-refractivity contribution in [3.63, 3.8) is 0 Å². The number of benzene rings is 2. The summed E-state index contributed by atoms with van der Waals surface area (Å²) in [6.45, 7) is 3.66. The second-order valence-electron chi connectivity index (χ2n) is 7.47. The normalized spacial score (nSPS) is 15.1. The van der Waals surface area contributed by atoms with E-state index in [0.717, 1.165) is 43.6 Å². The number of piperidine rings is 1. The third-order valence-corrected chi connectivity index (χ3v) is 5.38. The molecule has 0 atom stereocenters. The number of anilines is 1. The highest BCUT2D eigenvalue weighted by molar-refractivity contribution is 5.89. The van der Waals surface area contributed by atoms with Crippen LogP contribution in [0.1, 0.15) is 24.0 Å². The summed E-state index contributed by atoms with van der Waals surface area (Å²) in [4.78, 5) is 19.0. The van der Waals surface area contributed by atoms with E-state index in [2.05, 4.69) is 28.5 Å². The number of carbonyl (C=O) groups is 1. The number of hydrogen-bond acceptors (Lipinski definition) is 2. The Labute approximate surface area is 160 Å². The van der Waals surface area contributed by atoms with Gasteiger partial charge in [0.15, 0.2) is 0 Å². The van der Waals surface area contributed by atoms with E-state index >= 15 is 0 Å². The second kappa shape index (κ2) is 7.78. The molecule has 1 saturated heterocycles. The van der Waals surface area contributed by atoms with Crippen molar-refractivity contribution in [1.29, 1.82) is 0 Å². The molecule has 0 saturated carbocycles. The number of nitrogens with zero attached hydrogens (tertiary/aromatic N) is 2. The van der Waals surface area contributed by atoms with Gasteiger partial charge in [-0.2, -0.15) is 0 Å². The number of hydrogen-bond donors (Lipinski definition) is 1. The molecular formula is C23H25N3O. The van der Waals surface area contributed by atoms with E-state index in [1.54, 1.807) is 0 Å². The van der Waals surface area contributed by atoms with Crippen LogP contribution < -0.4 is 5.32 Å². The van der Waals surface area contributed by atoms with E-state index in [4.69, 9.17) is 0 Å². The maximum absolute atomic E-state index is 12.5. The molecule has 1 N–H and O–H groups in total. The van der Waals surface area contributed by atoms with Gasteiger partial charge in [-0.05, 0) is 61.9 Å². The number of likely N-dealkylation sites (tertiary alicyclic amines) is 1. The number of para-hydroxylation sites is 1. The molecular weight excluding hydrogens is 334 g/mol. The van der Waals surface area contributed by atoms with Crippen molar-refractivity contribution in [2.75, 3.05) is 18.4 Å². The molecule has 0 aliphatic carbocycles. The number of nitrogens with one attached hydrogen (secondary N) is 1. The van der Waals surface area contributed by atoms with Crippen LogP contribution in [-0.4, -0.2) is 29.0 Å². The maximum Gasteiger partial charge on any atom is 0.321 e. The van der Waals surface area contributed by atoms with Gasteiger partial charge >= 0.3 is 6.03 Å². The summed E-state index contributed by atoms with van der Waals surface area (Å²) < 4.78 is 0. The number of amides is 2. The molecule has 1 aromatic heterocycles. The number of urea groups is 1. The Bertz CT molecular complexity index is 928. The first kappa shape index (κ1) is 17.5. The minimum atomic E-state index is 0.00433. The summed E-state index contributed by atoms with van der Waals surface area (Å²) >= 11 is 0. The van der Waals surface area contributed by atoms with Gasteiger partial charge in [0.1, 0.15) is 0 Å². The van der Waals surface area contributed by atoms with Gasteiger partial charge in [-0.15, -0.1) is 0 Å². The Hall–Kier alpha value is -2.88. The number of aryl methyl sites for hydroxylation is 1. The molecule has 138 valence electrons. The minimum Gasteiger partial charge on any atom is -0.325 e. The summed E-state index contributed by atoms with van der Waals surface area (Å²) in [6, 6.07) is 18.4. The highest BCUT2D eigenvalue weighted by Gasteiger charge is 2.23. The molecule has 1 aliphatic rings. The van der Waals surface area contributed by atoms with Gasteiger partial charge < -0.3 is 10.2 Å². The fourth-order valence-electron chi connectivity index (χ4n) is 3.74. The zero-order valence-corrected chi connectivity index (χ0v) is 15.7. The minimum absolute atomic E-state index is 0.00433. The molecule has 0 spiro atoms. The van der Waals surface area contributed by atoms with Gasteiger partial charge in [-0.1, -0.05) is 35.9 Å². The summed E-state index contributed by atoms with van der Waals surface area (Å²) in [5.74, 6) is 0.608. The fourth-order valence-corrected chi connectivity index (χ4v) is 3.74. The van der Waals surface area contributed by atoms with Crippen molar-refractivity contribution >= 4 is 22.6 Å². The first-order chi connectivity index (χ1) is 13.2. The molecule has 2 amide bonds. The van der Waals surface area contributed by atoms with E-state index < -0.39 is 0 Å². The first-order valence-electron chi connectivity index (χ1n) is 9.64. The number of pyridine rings is 1. The third kappa shape index (κ3) is 4.27. The van der Waals surface area contributed by atoms with Crippen LogP contribution in [0.2, 0.25) is 0 Å². The highest BCUT2D eigenvalue weighted by atomic mass is 16.2. The molecule has 4 heteroatoms. The van der Waals surface area contributed by atoms with Crippen LogP contribution in [0, 0.1) is 12.8 Å². The fraction of sp³-hybridized carbons (Fsp3) is 0.304. The Morgan fingerprint density at radius 1 is 1.11 bits per heavy atom. The molecule has 4 nitrogen and oxygen atoms in total. The van der Waals surface area contributed by atoms with Crippen LogP contribution in [0.25, 0.3) is 10.9 Å². The van der Waals surface area contributed by atoms with Gasteiger partial charge in [0, 0.05) is 30.4 Å². The van der Waals surface area contributed by atoms with Crippen molar-refractivity contribution in [2.45, 2.75) is 26.2 Å². The average Bonchev–Trinajstić information content (AvgIpc) is 2.70. The molecule has 0 bridgehead atoms. The van der Waals surface area contributed by atoms with Crippen molar-refractivity contribution < 1.29 is 4.79 Å². The standard InChI is InChI=1S/C23H25N3O/c1-17-6-8-21(9-7-17)25-23(27)26-12-10-18(11-13-26)14-19-15-20-4-2-3-5-22(20)24-16-19/h2-9,15-16,18H,10-14H2,1H3,(H,25,27). The summed E-state index contributed by atoms with van der Waals surface area (Å²) in [5, 5.41) is 4.20. The second-order valence-corrected chi connectivity index (χ2v) is 7.47. The van der Waals surface area contributed by atoms with Crippen molar-refractivity contribution in [2.24, 2.45) is 5.92 Å². The van der Waals surface area contributed by atoms with Crippen LogP contribution in [0.3, 0.4) is 0 Å². The van der Waals surface area contributed by atoms with E-state index in [0.29, 0.717) is 5.92 Å². The summed E-state index contributed by atoms with van der Waals surface area (Å²) in [5.41, 5.74) is 4.38. The van der Waals surface area contributed by atoms with Crippen LogP contribution >= 0.6 is 0 Å². The molecule has 2 heterocycles. The lowest BCUT2D eigenvalue weighted by Crippen LogP contribution is -2.41. The Morgan fingerprint density at radius 2 is 1.85 bits per heavy atom. The molecule has 1 aliphatic heterocycles. The number of fused-ring (bicyclic) bond motifs is 1. The summed E-state index contributed by atoms with van der Waals surface area (Å²) in [7, 11) is 0. The van der Waals surface area contributed by atoms with Crippen LogP contribution in [0.5, 0.6) is 0 Å². The van der Waals surface area contributed by atoms with Crippen LogP contribution in [0.15, 0.2) is 60.8 Å². The Morgan fingerprint density at radius 3 is 2.63 bits per heavy atom. The molecule has 1 fully saturated rings. The maximum atomic E-state index is 12.5. The van der Waals surface area contributed by atoms with E-state index in [1.165, 1.54) is 16.5 Å². The molecule has 2 aromatic carbocycles. The Kier molecular flexibility index (Phi) is 5.05. The molecule has 4 rings (SSSR count). The monoisotopic (exact) mass is 359 g/mol. The van der Waals surface area contributed by atoms with Gasteiger partial charge in [0.2, 0.25) is 0 Å². The van der Waals surface area contributed by atoms with Gasteiger partial charge in [0.05, 0.1) is 5.52 Å². The van der Waals surface area contributed by atoms with Crippen molar-refractivity contribution in [1.82, 2.24) is 9.88 Å². The van der Waals surface area contributed by atoms with Crippen molar-refractivity contribution in [3.05, 3.63) is 71.9 Å². The third-order valence-electron chi connectivity index (χ3n) is 5.38. The topological polar surface area (TPSA) is 45.2 Å². The van der Waals surface area contributed by atoms with E-state index in [1.807, 2.05) is 54.4 Å². The number of aromatic nitrogens is 1. The first-order valence-corrected chi connectivity index (χ1v) is 9.64.